The van der Waals surface area contributed by atoms with Gasteiger partial charge in [-0.3, -0.25) is 13.8 Å². The molecule has 0 aliphatic carbocycles. The van der Waals surface area contributed by atoms with Crippen molar-refractivity contribution in [2.75, 3.05) is 40.9 Å². The third-order valence-electron chi connectivity index (χ3n) is 9.74. The molecule has 9 heteroatoms. The van der Waals surface area contributed by atoms with Crippen LogP contribution in [0.1, 0.15) is 181 Å². The Hall–Kier alpha value is -1.80. The van der Waals surface area contributed by atoms with Crippen molar-refractivity contribution in [2.45, 2.75) is 193 Å². The number of nitrogens with one attached hydrogen (secondary N) is 1. The zero-order valence-corrected chi connectivity index (χ0v) is 37.8. The first-order valence-electron chi connectivity index (χ1n) is 22.7. The van der Waals surface area contributed by atoms with Gasteiger partial charge in [0.05, 0.1) is 39.9 Å². The Labute approximate surface area is 345 Å². The number of carbonyl (C=O) groups is 1. The molecule has 3 atom stereocenters. The highest BCUT2D eigenvalue weighted by Gasteiger charge is 2.27. The molecule has 0 fully saturated rings. The molecular formula is C47H88N2O6P+. The zero-order valence-electron chi connectivity index (χ0n) is 36.9. The Bertz CT molecular complexity index is 1100. The molecule has 3 N–H and O–H groups in total. The van der Waals surface area contributed by atoms with Gasteiger partial charge in [-0.15, -0.1) is 0 Å². The fraction of sp³-hybridized carbons (Fsp3) is 0.766. The molecule has 0 aromatic rings. The lowest BCUT2D eigenvalue weighted by atomic mass is 10.0. The van der Waals surface area contributed by atoms with E-state index in [-0.39, 0.29) is 19.1 Å². The van der Waals surface area contributed by atoms with Crippen molar-refractivity contribution in [1.29, 1.82) is 0 Å². The summed E-state index contributed by atoms with van der Waals surface area (Å²) in [7, 11) is 1.56. The summed E-state index contributed by atoms with van der Waals surface area (Å²) in [5.74, 6) is -0.187. The first kappa shape index (κ1) is 54.2. The first-order valence-corrected chi connectivity index (χ1v) is 24.2. The van der Waals surface area contributed by atoms with Crippen LogP contribution in [0.2, 0.25) is 0 Å². The SMILES string of the molecule is CC/C=C\C/C=C\C/C=C\C/C=C\CCCCCCCCCCCCCCCCCCC(=O)NC(COP(=O)(O)OCC[N+](C)(C)C)C(O)/C=C/CCCCC. The lowest BCUT2D eigenvalue weighted by Crippen LogP contribution is -2.45. The van der Waals surface area contributed by atoms with Gasteiger partial charge in [0.15, 0.2) is 0 Å². The summed E-state index contributed by atoms with van der Waals surface area (Å²) in [6.45, 7) is 4.58. The predicted molar refractivity (Wildman–Crippen MR) is 240 cm³/mol. The minimum Gasteiger partial charge on any atom is -0.387 e. The molecule has 0 rings (SSSR count). The third kappa shape index (κ3) is 40.4. The maximum atomic E-state index is 12.8. The van der Waals surface area contributed by atoms with Crippen LogP contribution < -0.4 is 5.32 Å². The monoisotopic (exact) mass is 808 g/mol. The number of likely N-dealkylation sites (N-methyl/N-ethyl adjacent to an activating group) is 1. The van der Waals surface area contributed by atoms with Crippen molar-refractivity contribution in [2.24, 2.45) is 0 Å². The van der Waals surface area contributed by atoms with E-state index in [1.54, 1.807) is 6.08 Å². The van der Waals surface area contributed by atoms with Crippen LogP contribution in [-0.2, 0) is 18.4 Å². The molecule has 0 heterocycles. The van der Waals surface area contributed by atoms with Gasteiger partial charge >= 0.3 is 7.82 Å². The van der Waals surface area contributed by atoms with Crippen LogP contribution in [0.4, 0.5) is 0 Å². The normalized spacial score (nSPS) is 14.9. The van der Waals surface area contributed by atoms with Crippen LogP contribution in [0.3, 0.4) is 0 Å². The van der Waals surface area contributed by atoms with Crippen LogP contribution >= 0.6 is 7.82 Å². The van der Waals surface area contributed by atoms with Crippen molar-refractivity contribution in [3.8, 4) is 0 Å². The van der Waals surface area contributed by atoms with E-state index >= 15 is 0 Å². The minimum absolute atomic E-state index is 0.0593. The third-order valence-corrected chi connectivity index (χ3v) is 10.7. The van der Waals surface area contributed by atoms with Gasteiger partial charge in [-0.25, -0.2) is 4.57 Å². The minimum atomic E-state index is -4.32. The molecule has 0 bridgehead atoms. The van der Waals surface area contributed by atoms with E-state index in [0.717, 1.165) is 70.6 Å². The standard InChI is InChI=1S/C47H87N2O6P/c1-6-8-10-12-13-14-15-16-17-18-19-20-21-22-23-24-25-26-27-28-29-30-31-32-33-34-35-37-39-41-47(51)48-45(46(50)40-38-36-11-9-7-2)44-55-56(52,53)54-43-42-49(3,4)5/h8,10,13-14,16-17,19-20,38,40,45-46,50H,6-7,9,11-12,15,18,21-37,39,41-44H2,1-5H3,(H-,48,51,52,53)/p+1/b10-8-,14-13-,17-16-,20-19-,40-38+. The Morgan fingerprint density at radius 1 is 0.625 bits per heavy atom. The van der Waals surface area contributed by atoms with Crippen molar-refractivity contribution >= 4 is 13.7 Å². The average Bonchev–Trinajstić information content (AvgIpc) is 3.15. The predicted octanol–water partition coefficient (Wildman–Crippen LogP) is 12.6. The van der Waals surface area contributed by atoms with Gasteiger partial charge in [0.1, 0.15) is 13.2 Å². The second kappa shape index (κ2) is 38.7. The van der Waals surface area contributed by atoms with Crippen LogP contribution in [0, 0.1) is 0 Å². The van der Waals surface area contributed by atoms with Crippen molar-refractivity contribution in [3.63, 3.8) is 0 Å². The number of hydrogen-bond acceptors (Lipinski definition) is 5. The fourth-order valence-electron chi connectivity index (χ4n) is 6.15. The van der Waals surface area contributed by atoms with E-state index in [1.807, 2.05) is 27.2 Å². The van der Waals surface area contributed by atoms with Crippen molar-refractivity contribution in [1.82, 2.24) is 5.32 Å². The summed E-state index contributed by atoms with van der Waals surface area (Å²) < 4.78 is 23.3. The van der Waals surface area contributed by atoms with Gasteiger partial charge in [-0.2, -0.15) is 0 Å². The molecule has 0 radical (unpaired) electrons. The highest BCUT2D eigenvalue weighted by molar-refractivity contribution is 7.47. The van der Waals surface area contributed by atoms with E-state index < -0.39 is 20.0 Å². The second-order valence-corrected chi connectivity index (χ2v) is 17.9. The highest BCUT2D eigenvalue weighted by Crippen LogP contribution is 2.43. The maximum absolute atomic E-state index is 12.8. The van der Waals surface area contributed by atoms with Gasteiger partial charge in [0.2, 0.25) is 5.91 Å². The molecule has 326 valence electrons. The topological polar surface area (TPSA) is 105 Å². The van der Waals surface area contributed by atoms with Gasteiger partial charge in [-0.1, -0.05) is 177 Å². The number of hydrogen-bond donors (Lipinski definition) is 3. The Morgan fingerprint density at radius 2 is 1.07 bits per heavy atom. The quantitative estimate of drug-likeness (QED) is 0.0246. The molecule has 3 unspecified atom stereocenters. The molecule has 0 aromatic heterocycles. The number of phosphoric acid groups is 1. The second-order valence-electron chi connectivity index (χ2n) is 16.4. The molecule has 56 heavy (non-hydrogen) atoms. The summed E-state index contributed by atoms with van der Waals surface area (Å²) in [6, 6.07) is -0.843. The number of nitrogens with zero attached hydrogens (tertiary/aromatic N) is 1. The van der Waals surface area contributed by atoms with Crippen molar-refractivity contribution < 1.29 is 32.9 Å². The number of aliphatic hydroxyl groups is 1. The smallest absolute Gasteiger partial charge is 0.387 e. The molecule has 0 aliphatic heterocycles. The van der Waals surface area contributed by atoms with Gasteiger partial charge in [0, 0.05) is 6.42 Å². The summed E-state index contributed by atoms with van der Waals surface area (Å²) in [4.78, 5) is 22.9. The van der Waals surface area contributed by atoms with Crippen LogP contribution in [0.5, 0.6) is 0 Å². The Morgan fingerprint density at radius 3 is 1.57 bits per heavy atom. The number of amides is 1. The van der Waals surface area contributed by atoms with Gasteiger partial charge < -0.3 is 19.8 Å². The number of phosphoric ester groups is 1. The van der Waals surface area contributed by atoms with E-state index in [9.17, 15) is 19.4 Å². The summed E-state index contributed by atoms with van der Waals surface area (Å²) in [6.07, 6.45) is 50.7. The summed E-state index contributed by atoms with van der Waals surface area (Å²) in [5, 5.41) is 13.6. The Kier molecular flexibility index (Phi) is 37.5. The lowest BCUT2D eigenvalue weighted by molar-refractivity contribution is -0.870. The molecular weight excluding hydrogens is 719 g/mol. The fourth-order valence-corrected chi connectivity index (χ4v) is 6.88. The molecule has 0 aliphatic rings. The molecule has 1 amide bonds. The van der Waals surface area contributed by atoms with Gasteiger partial charge in [0.25, 0.3) is 0 Å². The number of quaternary nitrogens is 1. The molecule has 0 aromatic carbocycles. The largest absolute Gasteiger partial charge is 0.472 e. The Balaban J connectivity index is 3.92. The first-order chi connectivity index (χ1) is 27.0. The molecule has 8 nitrogen and oxygen atoms in total. The van der Waals surface area contributed by atoms with Crippen LogP contribution in [-0.4, -0.2) is 73.4 Å². The van der Waals surface area contributed by atoms with E-state index in [4.69, 9.17) is 9.05 Å². The molecule has 0 saturated heterocycles. The van der Waals surface area contributed by atoms with Crippen LogP contribution in [0.15, 0.2) is 60.8 Å². The van der Waals surface area contributed by atoms with E-state index in [0.29, 0.717) is 17.4 Å². The lowest BCUT2D eigenvalue weighted by Gasteiger charge is -2.25. The number of aliphatic hydroxyl groups excluding tert-OH is 1. The summed E-state index contributed by atoms with van der Waals surface area (Å²) >= 11 is 0. The highest BCUT2D eigenvalue weighted by atomic mass is 31.2. The number of unbranched alkanes of at least 4 members (excludes halogenated alkanes) is 19. The number of carbonyl (C=O) groups excluding carboxylic acids is 1. The number of rotatable bonds is 40. The zero-order chi connectivity index (χ0) is 41.4. The number of allylic oxidation sites excluding steroid dienone is 9. The maximum Gasteiger partial charge on any atom is 0.472 e. The molecule has 0 saturated carbocycles. The van der Waals surface area contributed by atoms with E-state index in [2.05, 4.69) is 67.8 Å². The molecule has 0 spiro atoms. The van der Waals surface area contributed by atoms with E-state index in [1.165, 1.54) is 89.9 Å². The van der Waals surface area contributed by atoms with Crippen LogP contribution in [0.25, 0.3) is 0 Å². The average molecular weight is 808 g/mol. The van der Waals surface area contributed by atoms with Crippen molar-refractivity contribution in [3.05, 3.63) is 60.8 Å². The van der Waals surface area contributed by atoms with Gasteiger partial charge in [-0.05, 0) is 57.8 Å². The summed E-state index contributed by atoms with van der Waals surface area (Å²) in [5.41, 5.74) is 0.